The summed E-state index contributed by atoms with van der Waals surface area (Å²) in [6.45, 7) is 9.97. The summed E-state index contributed by atoms with van der Waals surface area (Å²) >= 11 is 0. The Labute approximate surface area is 130 Å². The van der Waals surface area contributed by atoms with E-state index in [2.05, 4.69) is 45.1 Å². The number of hydrogen-bond acceptors (Lipinski definition) is 2. The van der Waals surface area contributed by atoms with E-state index in [0.29, 0.717) is 6.04 Å². The largest absolute Gasteiger partial charge is 0.378 e. The van der Waals surface area contributed by atoms with Crippen LogP contribution >= 0.6 is 0 Å². The average molecular weight is 289 g/mol. The van der Waals surface area contributed by atoms with Crippen LogP contribution in [0.3, 0.4) is 0 Å². The van der Waals surface area contributed by atoms with E-state index in [0.717, 1.165) is 13.0 Å². The molecule has 1 fully saturated rings. The van der Waals surface area contributed by atoms with Gasteiger partial charge in [0.05, 0.1) is 5.60 Å². The molecule has 2 nitrogen and oxygen atoms in total. The maximum absolute atomic E-state index is 5.87. The van der Waals surface area contributed by atoms with Crippen LogP contribution < -0.4 is 5.32 Å². The topological polar surface area (TPSA) is 21.3 Å². The fourth-order valence-corrected chi connectivity index (χ4v) is 3.77. The number of aryl methyl sites for hydroxylation is 3. The molecule has 0 saturated heterocycles. The van der Waals surface area contributed by atoms with Crippen LogP contribution in [0.1, 0.15) is 67.3 Å². The lowest BCUT2D eigenvalue weighted by Gasteiger charge is -2.43. The third-order valence-electron chi connectivity index (χ3n) is 5.00. The van der Waals surface area contributed by atoms with Gasteiger partial charge in [-0.3, -0.25) is 0 Å². The van der Waals surface area contributed by atoms with Crippen LogP contribution in [0.25, 0.3) is 0 Å². The van der Waals surface area contributed by atoms with Crippen LogP contribution in [0.5, 0.6) is 0 Å². The van der Waals surface area contributed by atoms with Gasteiger partial charge in [-0.25, -0.2) is 0 Å². The van der Waals surface area contributed by atoms with Crippen molar-refractivity contribution in [3.8, 4) is 0 Å². The second-order valence-electron chi connectivity index (χ2n) is 6.76. The fraction of sp³-hybridized carbons (Fsp3) is 0.684. The minimum Gasteiger partial charge on any atom is -0.378 e. The van der Waals surface area contributed by atoms with Crippen molar-refractivity contribution < 1.29 is 4.74 Å². The molecule has 1 N–H and O–H groups in total. The highest BCUT2D eigenvalue weighted by atomic mass is 16.5. The summed E-state index contributed by atoms with van der Waals surface area (Å²) in [5.41, 5.74) is 5.76. The van der Waals surface area contributed by atoms with Crippen molar-refractivity contribution >= 4 is 0 Å². The molecule has 0 aromatic heterocycles. The van der Waals surface area contributed by atoms with Crippen molar-refractivity contribution in [2.45, 2.75) is 71.4 Å². The van der Waals surface area contributed by atoms with E-state index < -0.39 is 0 Å². The van der Waals surface area contributed by atoms with Crippen LogP contribution in [-0.4, -0.2) is 19.3 Å². The monoisotopic (exact) mass is 289 g/mol. The highest BCUT2D eigenvalue weighted by molar-refractivity contribution is 5.40. The molecule has 1 saturated carbocycles. The third-order valence-corrected chi connectivity index (χ3v) is 5.00. The lowest BCUT2D eigenvalue weighted by molar-refractivity contribution is -0.0838. The quantitative estimate of drug-likeness (QED) is 0.791. The van der Waals surface area contributed by atoms with Crippen LogP contribution in [0.4, 0.5) is 0 Å². The molecule has 0 heterocycles. The maximum Gasteiger partial charge on any atom is 0.0697 e. The Hall–Kier alpha value is -0.860. The van der Waals surface area contributed by atoms with Gasteiger partial charge in [-0.05, 0) is 76.1 Å². The number of hydrogen-bond donors (Lipinski definition) is 1. The molecule has 1 aliphatic carbocycles. The SMILES string of the molecule is CCCNC(CC1(OC)CCC1)c1c(C)cc(C)cc1C. The van der Waals surface area contributed by atoms with Gasteiger partial charge in [0.25, 0.3) is 0 Å². The Morgan fingerprint density at radius 1 is 1.19 bits per heavy atom. The maximum atomic E-state index is 5.87. The Kier molecular flexibility index (Phi) is 5.45. The zero-order valence-electron chi connectivity index (χ0n) is 14.4. The minimum atomic E-state index is 0.106. The number of ether oxygens (including phenoxy) is 1. The summed E-state index contributed by atoms with van der Waals surface area (Å²) in [6, 6.07) is 5.03. The molecule has 0 amide bonds. The summed E-state index contributed by atoms with van der Waals surface area (Å²) in [6.07, 6.45) is 5.98. The molecule has 1 aromatic carbocycles. The average Bonchev–Trinajstić information content (AvgIpc) is 2.38. The van der Waals surface area contributed by atoms with E-state index in [1.807, 2.05) is 7.11 Å². The van der Waals surface area contributed by atoms with Crippen LogP contribution in [0, 0.1) is 20.8 Å². The van der Waals surface area contributed by atoms with Crippen molar-refractivity contribution in [1.29, 1.82) is 0 Å². The first-order chi connectivity index (χ1) is 10.0. The molecule has 1 atom stereocenters. The Bertz CT molecular complexity index is 448. The highest BCUT2D eigenvalue weighted by Gasteiger charge is 2.39. The summed E-state index contributed by atoms with van der Waals surface area (Å²) < 4.78 is 5.87. The first kappa shape index (κ1) is 16.5. The molecule has 0 radical (unpaired) electrons. The summed E-state index contributed by atoms with van der Waals surface area (Å²) in [7, 11) is 1.88. The number of benzene rings is 1. The lowest BCUT2D eigenvalue weighted by atomic mass is 9.74. The summed E-state index contributed by atoms with van der Waals surface area (Å²) in [4.78, 5) is 0. The van der Waals surface area contributed by atoms with Crippen molar-refractivity contribution in [3.63, 3.8) is 0 Å². The van der Waals surface area contributed by atoms with Gasteiger partial charge >= 0.3 is 0 Å². The molecule has 2 heteroatoms. The predicted molar refractivity (Wildman–Crippen MR) is 89.9 cm³/mol. The third kappa shape index (κ3) is 3.67. The molecule has 1 unspecified atom stereocenters. The van der Waals surface area contributed by atoms with Gasteiger partial charge in [0, 0.05) is 13.2 Å². The van der Waals surface area contributed by atoms with Crippen molar-refractivity contribution in [3.05, 3.63) is 34.4 Å². The predicted octanol–water partition coefficient (Wildman–Crippen LogP) is 4.61. The molecule has 1 aromatic rings. The van der Waals surface area contributed by atoms with Crippen molar-refractivity contribution in [2.24, 2.45) is 0 Å². The summed E-state index contributed by atoms with van der Waals surface area (Å²) in [5.74, 6) is 0. The normalized spacial score (nSPS) is 18.3. The zero-order valence-corrected chi connectivity index (χ0v) is 14.4. The lowest BCUT2D eigenvalue weighted by Crippen LogP contribution is -2.43. The van der Waals surface area contributed by atoms with E-state index in [1.54, 1.807) is 0 Å². The van der Waals surface area contributed by atoms with Crippen molar-refractivity contribution in [1.82, 2.24) is 5.32 Å². The number of nitrogens with one attached hydrogen (secondary N) is 1. The second-order valence-corrected chi connectivity index (χ2v) is 6.76. The van der Waals surface area contributed by atoms with E-state index in [4.69, 9.17) is 4.74 Å². The molecular formula is C19H31NO. The Morgan fingerprint density at radius 3 is 2.24 bits per heavy atom. The molecule has 0 spiro atoms. The first-order valence-corrected chi connectivity index (χ1v) is 8.37. The fourth-order valence-electron chi connectivity index (χ4n) is 3.77. The van der Waals surface area contributed by atoms with Gasteiger partial charge in [0.2, 0.25) is 0 Å². The Morgan fingerprint density at radius 2 is 1.81 bits per heavy atom. The van der Waals surface area contributed by atoms with Crippen LogP contribution in [0.15, 0.2) is 12.1 Å². The van der Waals surface area contributed by atoms with Gasteiger partial charge in [-0.1, -0.05) is 24.6 Å². The molecule has 1 aliphatic rings. The van der Waals surface area contributed by atoms with E-state index in [-0.39, 0.29) is 5.60 Å². The van der Waals surface area contributed by atoms with Gasteiger partial charge in [-0.2, -0.15) is 0 Å². The highest BCUT2D eigenvalue weighted by Crippen LogP contribution is 2.42. The van der Waals surface area contributed by atoms with Crippen molar-refractivity contribution in [2.75, 3.05) is 13.7 Å². The summed E-state index contributed by atoms with van der Waals surface area (Å²) in [5, 5.41) is 3.77. The smallest absolute Gasteiger partial charge is 0.0697 e. The van der Waals surface area contributed by atoms with Gasteiger partial charge in [0.1, 0.15) is 0 Å². The molecule has 118 valence electrons. The molecule has 0 aliphatic heterocycles. The zero-order chi connectivity index (χ0) is 15.5. The van der Waals surface area contributed by atoms with Gasteiger partial charge in [0.15, 0.2) is 0 Å². The molecule has 2 rings (SSSR count). The van der Waals surface area contributed by atoms with E-state index in [1.165, 1.54) is 47.9 Å². The number of methoxy groups -OCH3 is 1. The van der Waals surface area contributed by atoms with Gasteiger partial charge < -0.3 is 10.1 Å². The molecule has 0 bridgehead atoms. The van der Waals surface area contributed by atoms with Crippen LogP contribution in [0.2, 0.25) is 0 Å². The number of rotatable bonds is 7. The van der Waals surface area contributed by atoms with E-state index >= 15 is 0 Å². The first-order valence-electron chi connectivity index (χ1n) is 8.37. The van der Waals surface area contributed by atoms with Crippen LogP contribution in [-0.2, 0) is 4.74 Å². The standard InChI is InChI=1S/C19H31NO/c1-6-10-20-17(13-19(21-5)8-7-9-19)18-15(3)11-14(2)12-16(18)4/h11-12,17,20H,6-10,13H2,1-5H3. The molecule has 21 heavy (non-hydrogen) atoms. The second kappa shape index (κ2) is 6.93. The molecular weight excluding hydrogens is 258 g/mol. The Balaban J connectivity index is 2.27. The minimum absolute atomic E-state index is 0.106. The van der Waals surface area contributed by atoms with Gasteiger partial charge in [-0.15, -0.1) is 0 Å². The van der Waals surface area contributed by atoms with E-state index in [9.17, 15) is 0 Å².